The van der Waals surface area contributed by atoms with Crippen LogP contribution in [0.1, 0.15) is 32.8 Å². The lowest BCUT2D eigenvalue weighted by atomic mass is 10.1. The lowest BCUT2D eigenvalue weighted by molar-refractivity contribution is 0.281. The molecule has 1 rings (SSSR count). The molecule has 0 aliphatic rings. The van der Waals surface area contributed by atoms with Crippen LogP contribution in [0.4, 0.5) is 0 Å². The van der Waals surface area contributed by atoms with E-state index in [1.165, 1.54) is 5.56 Å². The zero-order chi connectivity index (χ0) is 15.0. The van der Waals surface area contributed by atoms with Crippen molar-refractivity contribution in [2.75, 3.05) is 27.2 Å². The Balaban J connectivity index is 2.29. The molecule has 3 nitrogen and oxygen atoms in total. The average Bonchev–Trinajstić information content (AvgIpc) is 2.42. The second kappa shape index (κ2) is 8.98. The number of hydrogen-bond acceptors (Lipinski definition) is 3. The van der Waals surface area contributed by atoms with E-state index in [2.05, 4.69) is 69.3 Å². The second-order valence-electron chi connectivity index (χ2n) is 6.06. The van der Waals surface area contributed by atoms with Gasteiger partial charge in [-0.2, -0.15) is 0 Å². The maximum absolute atomic E-state index is 5.73. The van der Waals surface area contributed by atoms with Crippen LogP contribution >= 0.6 is 0 Å². The van der Waals surface area contributed by atoms with Gasteiger partial charge in [0.15, 0.2) is 0 Å². The van der Waals surface area contributed by atoms with Crippen molar-refractivity contribution in [2.45, 2.75) is 39.8 Å². The van der Waals surface area contributed by atoms with Crippen molar-refractivity contribution in [1.29, 1.82) is 0 Å². The van der Waals surface area contributed by atoms with Crippen LogP contribution in [0.5, 0.6) is 5.75 Å². The van der Waals surface area contributed by atoms with Crippen molar-refractivity contribution in [2.24, 2.45) is 5.92 Å². The van der Waals surface area contributed by atoms with Gasteiger partial charge in [0.05, 0.1) is 6.61 Å². The molecule has 3 heteroatoms. The number of hydrogen-bond donors (Lipinski definition) is 1. The van der Waals surface area contributed by atoms with Crippen LogP contribution in [-0.2, 0) is 6.54 Å². The second-order valence-corrected chi connectivity index (χ2v) is 6.06. The van der Waals surface area contributed by atoms with Gasteiger partial charge in [-0.05, 0) is 51.1 Å². The van der Waals surface area contributed by atoms with Crippen molar-refractivity contribution in [3.8, 4) is 5.75 Å². The first-order chi connectivity index (χ1) is 9.49. The number of rotatable bonds is 9. The minimum Gasteiger partial charge on any atom is -0.494 e. The Bertz CT molecular complexity index is 360. The van der Waals surface area contributed by atoms with Gasteiger partial charge in [0.1, 0.15) is 5.75 Å². The fourth-order valence-electron chi connectivity index (χ4n) is 1.79. The summed E-state index contributed by atoms with van der Waals surface area (Å²) in [6.07, 6.45) is 1.06. The van der Waals surface area contributed by atoms with Gasteiger partial charge >= 0.3 is 0 Å². The fraction of sp³-hybridized carbons (Fsp3) is 0.647. The van der Waals surface area contributed by atoms with Gasteiger partial charge in [-0.15, -0.1) is 0 Å². The number of nitrogens with one attached hydrogen (secondary N) is 1. The van der Waals surface area contributed by atoms with Crippen molar-refractivity contribution in [1.82, 2.24) is 10.2 Å². The van der Waals surface area contributed by atoms with E-state index in [4.69, 9.17) is 4.74 Å². The van der Waals surface area contributed by atoms with Gasteiger partial charge in [-0.3, -0.25) is 0 Å². The van der Waals surface area contributed by atoms with Crippen LogP contribution in [-0.4, -0.2) is 38.2 Å². The highest BCUT2D eigenvalue weighted by Gasteiger charge is 2.05. The number of ether oxygens (including phenoxy) is 1. The van der Waals surface area contributed by atoms with Crippen LogP contribution in [0.15, 0.2) is 24.3 Å². The van der Waals surface area contributed by atoms with Gasteiger partial charge in [0.2, 0.25) is 0 Å². The first-order valence-corrected chi connectivity index (χ1v) is 7.59. The van der Waals surface area contributed by atoms with Crippen molar-refractivity contribution in [3.05, 3.63) is 29.8 Å². The Hall–Kier alpha value is -1.06. The summed E-state index contributed by atoms with van der Waals surface area (Å²) < 4.78 is 5.73. The maximum Gasteiger partial charge on any atom is 0.119 e. The highest BCUT2D eigenvalue weighted by atomic mass is 16.5. The summed E-state index contributed by atoms with van der Waals surface area (Å²) in [5.74, 6) is 1.62. The molecule has 0 saturated heterocycles. The standard InChI is InChI=1S/C17H30N2O/c1-14(2)15(3)18-13-16-7-9-17(10-8-16)20-12-6-11-19(4)5/h7-10,14-15,18H,6,11-13H2,1-5H3. The molecule has 0 aromatic heterocycles. The van der Waals surface area contributed by atoms with Crippen molar-refractivity contribution >= 4 is 0 Å². The topological polar surface area (TPSA) is 24.5 Å². The summed E-state index contributed by atoms with van der Waals surface area (Å²) in [7, 11) is 4.17. The molecule has 1 atom stereocenters. The molecule has 0 fully saturated rings. The van der Waals surface area contributed by atoms with Gasteiger partial charge in [0, 0.05) is 19.1 Å². The molecule has 0 spiro atoms. The van der Waals surface area contributed by atoms with Crippen LogP contribution in [0.25, 0.3) is 0 Å². The molecule has 1 unspecified atom stereocenters. The predicted octanol–water partition coefficient (Wildman–Crippen LogP) is 3.15. The molecule has 0 saturated carbocycles. The molecule has 1 aromatic rings. The van der Waals surface area contributed by atoms with Crippen LogP contribution < -0.4 is 10.1 Å². The molecule has 0 heterocycles. The molecular weight excluding hydrogens is 248 g/mol. The van der Waals surface area contributed by atoms with E-state index in [-0.39, 0.29) is 0 Å². The fourth-order valence-corrected chi connectivity index (χ4v) is 1.79. The van der Waals surface area contributed by atoms with E-state index in [0.29, 0.717) is 12.0 Å². The minimum atomic E-state index is 0.539. The summed E-state index contributed by atoms with van der Waals surface area (Å²) in [4.78, 5) is 2.17. The zero-order valence-electron chi connectivity index (χ0n) is 13.6. The van der Waals surface area contributed by atoms with Crippen LogP contribution in [0.2, 0.25) is 0 Å². The van der Waals surface area contributed by atoms with E-state index in [1.807, 2.05) is 0 Å². The Labute approximate surface area is 124 Å². The molecule has 0 aliphatic heterocycles. The largest absolute Gasteiger partial charge is 0.494 e. The molecule has 0 bridgehead atoms. The number of benzene rings is 1. The molecule has 1 N–H and O–H groups in total. The van der Waals surface area contributed by atoms with Crippen LogP contribution in [0, 0.1) is 5.92 Å². The van der Waals surface area contributed by atoms with E-state index in [0.717, 1.165) is 31.9 Å². The minimum absolute atomic E-state index is 0.539. The van der Waals surface area contributed by atoms with E-state index in [9.17, 15) is 0 Å². The number of nitrogens with zero attached hydrogens (tertiary/aromatic N) is 1. The molecule has 0 radical (unpaired) electrons. The van der Waals surface area contributed by atoms with Crippen molar-refractivity contribution < 1.29 is 4.74 Å². The quantitative estimate of drug-likeness (QED) is 0.702. The lowest BCUT2D eigenvalue weighted by Gasteiger charge is -2.17. The Morgan fingerprint density at radius 2 is 1.75 bits per heavy atom. The Kier molecular flexibility index (Phi) is 7.63. The summed E-state index contributed by atoms with van der Waals surface area (Å²) >= 11 is 0. The normalized spacial score (nSPS) is 12.9. The highest BCUT2D eigenvalue weighted by molar-refractivity contribution is 5.27. The van der Waals surface area contributed by atoms with E-state index >= 15 is 0 Å². The van der Waals surface area contributed by atoms with E-state index < -0.39 is 0 Å². The van der Waals surface area contributed by atoms with Gasteiger partial charge < -0.3 is 15.0 Å². The summed E-state index contributed by atoms with van der Waals surface area (Å²) in [6.45, 7) is 9.47. The van der Waals surface area contributed by atoms with Gasteiger partial charge in [-0.25, -0.2) is 0 Å². The summed E-state index contributed by atoms with van der Waals surface area (Å²) in [5, 5.41) is 3.54. The first-order valence-electron chi connectivity index (χ1n) is 7.59. The Morgan fingerprint density at radius 3 is 2.30 bits per heavy atom. The first kappa shape index (κ1) is 17.0. The summed E-state index contributed by atoms with van der Waals surface area (Å²) in [6, 6.07) is 8.94. The third-order valence-corrected chi connectivity index (χ3v) is 3.57. The molecule has 20 heavy (non-hydrogen) atoms. The average molecular weight is 278 g/mol. The SMILES string of the molecule is CC(C)C(C)NCc1ccc(OCCCN(C)C)cc1. The maximum atomic E-state index is 5.73. The zero-order valence-corrected chi connectivity index (χ0v) is 13.6. The third kappa shape index (κ3) is 6.92. The molecular formula is C17H30N2O. The predicted molar refractivity (Wildman–Crippen MR) is 86.2 cm³/mol. The molecule has 0 aliphatic carbocycles. The molecule has 114 valence electrons. The molecule has 0 amide bonds. The Morgan fingerprint density at radius 1 is 1.10 bits per heavy atom. The highest BCUT2D eigenvalue weighted by Crippen LogP contribution is 2.13. The van der Waals surface area contributed by atoms with Gasteiger partial charge in [0.25, 0.3) is 0 Å². The smallest absolute Gasteiger partial charge is 0.119 e. The van der Waals surface area contributed by atoms with Gasteiger partial charge in [-0.1, -0.05) is 26.0 Å². The monoisotopic (exact) mass is 278 g/mol. The third-order valence-electron chi connectivity index (χ3n) is 3.57. The molecule has 1 aromatic carbocycles. The van der Waals surface area contributed by atoms with E-state index in [1.54, 1.807) is 0 Å². The summed E-state index contributed by atoms with van der Waals surface area (Å²) in [5.41, 5.74) is 1.30. The van der Waals surface area contributed by atoms with Crippen molar-refractivity contribution in [3.63, 3.8) is 0 Å². The lowest BCUT2D eigenvalue weighted by Crippen LogP contribution is -2.30. The van der Waals surface area contributed by atoms with Crippen LogP contribution in [0.3, 0.4) is 0 Å².